The molecular weight excluding hydrogens is 236 g/mol. The maximum absolute atomic E-state index is 13.2. The number of carbonyl (C=O) groups is 1. The lowest BCUT2D eigenvalue weighted by molar-refractivity contribution is -0.120. The van der Waals surface area contributed by atoms with E-state index in [0.29, 0.717) is 6.54 Å². The molecule has 1 amide bonds. The van der Waals surface area contributed by atoms with Crippen LogP contribution in [0.3, 0.4) is 0 Å². The molecule has 0 fully saturated rings. The van der Waals surface area contributed by atoms with Crippen LogP contribution in [0.2, 0.25) is 0 Å². The molecule has 0 heterocycles. The van der Waals surface area contributed by atoms with Crippen LogP contribution in [0, 0.1) is 11.6 Å². The largest absolute Gasteiger partial charge is 0.354 e. The third-order valence-electron chi connectivity index (χ3n) is 1.95. The zero-order valence-corrected chi connectivity index (χ0v) is 9.52. The first kappa shape index (κ1) is 12.9. The lowest BCUT2D eigenvalue weighted by atomic mass is 10.1. The first-order valence-electron chi connectivity index (χ1n) is 4.83. The van der Waals surface area contributed by atoms with Crippen molar-refractivity contribution in [2.75, 3.05) is 6.54 Å². The van der Waals surface area contributed by atoms with Crippen molar-refractivity contribution in [3.05, 3.63) is 35.4 Å². The van der Waals surface area contributed by atoms with Gasteiger partial charge in [-0.1, -0.05) is 6.07 Å². The Hall–Kier alpha value is -1.16. The zero-order valence-electron chi connectivity index (χ0n) is 8.77. The Kier molecular flexibility index (Phi) is 4.68. The summed E-state index contributed by atoms with van der Waals surface area (Å²) in [5.74, 6) is -1.71. The van der Waals surface area contributed by atoms with Crippen LogP contribution in [0.15, 0.2) is 18.2 Å². The van der Waals surface area contributed by atoms with E-state index in [1.165, 1.54) is 6.07 Å². The molecule has 0 saturated carbocycles. The summed E-state index contributed by atoms with van der Waals surface area (Å²) in [6.45, 7) is 2.06. The molecular formula is C11H12ClF2NO. The molecule has 1 rings (SSSR count). The van der Waals surface area contributed by atoms with Crippen LogP contribution in [-0.2, 0) is 11.2 Å². The van der Waals surface area contributed by atoms with Crippen molar-refractivity contribution in [3.8, 4) is 0 Å². The Bertz CT molecular complexity index is 382. The van der Waals surface area contributed by atoms with Crippen molar-refractivity contribution in [2.24, 2.45) is 0 Å². The highest BCUT2D eigenvalue weighted by molar-refractivity contribution is 6.20. The van der Waals surface area contributed by atoms with Crippen molar-refractivity contribution in [1.29, 1.82) is 0 Å². The van der Waals surface area contributed by atoms with Crippen LogP contribution in [0.5, 0.6) is 0 Å². The summed E-state index contributed by atoms with van der Waals surface area (Å²) in [6.07, 6.45) is -0.115. The number of rotatable bonds is 4. The van der Waals surface area contributed by atoms with Crippen molar-refractivity contribution in [3.63, 3.8) is 0 Å². The first-order valence-corrected chi connectivity index (χ1v) is 5.27. The van der Waals surface area contributed by atoms with E-state index in [0.717, 1.165) is 12.1 Å². The molecule has 0 aliphatic rings. The smallest absolute Gasteiger partial charge is 0.224 e. The molecule has 16 heavy (non-hydrogen) atoms. The lowest BCUT2D eigenvalue weighted by Gasteiger charge is -2.07. The molecule has 0 bridgehead atoms. The highest BCUT2D eigenvalue weighted by atomic mass is 35.5. The van der Waals surface area contributed by atoms with E-state index in [9.17, 15) is 13.6 Å². The molecule has 1 atom stereocenters. The van der Waals surface area contributed by atoms with Crippen LogP contribution >= 0.6 is 11.6 Å². The topological polar surface area (TPSA) is 29.1 Å². The van der Waals surface area contributed by atoms with Gasteiger partial charge < -0.3 is 5.32 Å². The number of hydrogen-bond acceptors (Lipinski definition) is 1. The molecule has 0 saturated heterocycles. The molecule has 0 spiro atoms. The Labute approximate surface area is 97.6 Å². The molecule has 1 unspecified atom stereocenters. The minimum absolute atomic E-state index is 0.115. The van der Waals surface area contributed by atoms with Crippen LogP contribution < -0.4 is 5.32 Å². The highest BCUT2D eigenvalue weighted by Crippen LogP contribution is 2.10. The molecule has 1 N–H and O–H groups in total. The lowest BCUT2D eigenvalue weighted by Crippen LogP contribution is -2.30. The van der Waals surface area contributed by atoms with Gasteiger partial charge in [0.1, 0.15) is 11.6 Å². The van der Waals surface area contributed by atoms with E-state index in [2.05, 4.69) is 5.32 Å². The summed E-state index contributed by atoms with van der Waals surface area (Å²) in [6, 6.07) is 3.14. The Morgan fingerprint density at radius 2 is 2.19 bits per heavy atom. The van der Waals surface area contributed by atoms with Gasteiger partial charge >= 0.3 is 0 Å². The molecule has 88 valence electrons. The van der Waals surface area contributed by atoms with E-state index < -0.39 is 11.6 Å². The van der Waals surface area contributed by atoms with Gasteiger partial charge in [-0.15, -0.1) is 11.6 Å². The van der Waals surface area contributed by atoms with E-state index in [4.69, 9.17) is 11.6 Å². The fraction of sp³-hybridized carbons (Fsp3) is 0.364. The molecule has 2 nitrogen and oxygen atoms in total. The number of halogens is 3. The van der Waals surface area contributed by atoms with Gasteiger partial charge in [-0.2, -0.15) is 0 Å². The van der Waals surface area contributed by atoms with E-state index in [1.807, 2.05) is 0 Å². The van der Waals surface area contributed by atoms with Crippen molar-refractivity contribution in [1.82, 2.24) is 5.32 Å². The van der Waals surface area contributed by atoms with Gasteiger partial charge in [-0.3, -0.25) is 4.79 Å². The standard InChI is InChI=1S/C11H12ClF2NO/c1-7(12)6-15-11(16)4-8-2-3-9(13)5-10(8)14/h2-3,5,7H,4,6H2,1H3,(H,15,16). The van der Waals surface area contributed by atoms with Crippen LogP contribution in [0.25, 0.3) is 0 Å². The number of carbonyl (C=O) groups excluding carboxylic acids is 1. The van der Waals surface area contributed by atoms with Gasteiger partial charge in [0.05, 0.1) is 6.42 Å². The molecule has 1 aromatic rings. The third-order valence-corrected chi connectivity index (χ3v) is 2.10. The zero-order chi connectivity index (χ0) is 12.1. The average molecular weight is 248 g/mol. The average Bonchev–Trinajstić information content (AvgIpc) is 2.19. The highest BCUT2D eigenvalue weighted by Gasteiger charge is 2.09. The summed E-state index contributed by atoms with van der Waals surface area (Å²) in [5, 5.41) is 2.36. The summed E-state index contributed by atoms with van der Waals surface area (Å²) in [7, 11) is 0. The predicted octanol–water partition coefficient (Wildman–Crippen LogP) is 2.25. The van der Waals surface area contributed by atoms with E-state index >= 15 is 0 Å². The number of nitrogens with one attached hydrogen (secondary N) is 1. The minimum atomic E-state index is -0.714. The van der Waals surface area contributed by atoms with Gasteiger partial charge in [-0.25, -0.2) is 8.78 Å². The number of benzene rings is 1. The normalized spacial score (nSPS) is 12.2. The van der Waals surface area contributed by atoms with Crippen molar-refractivity contribution < 1.29 is 13.6 Å². The maximum atomic E-state index is 13.2. The summed E-state index contributed by atoms with van der Waals surface area (Å²) in [5.41, 5.74) is 0.168. The van der Waals surface area contributed by atoms with E-state index in [-0.39, 0.29) is 23.3 Å². The van der Waals surface area contributed by atoms with Gasteiger partial charge in [0.15, 0.2) is 0 Å². The molecule has 0 aliphatic heterocycles. The fourth-order valence-corrected chi connectivity index (χ4v) is 1.23. The number of hydrogen-bond donors (Lipinski definition) is 1. The number of alkyl halides is 1. The van der Waals surface area contributed by atoms with Crippen molar-refractivity contribution >= 4 is 17.5 Å². The molecule has 0 aromatic heterocycles. The fourth-order valence-electron chi connectivity index (χ4n) is 1.15. The van der Waals surface area contributed by atoms with Crippen molar-refractivity contribution in [2.45, 2.75) is 18.7 Å². The number of amides is 1. The van der Waals surface area contributed by atoms with Crippen LogP contribution in [0.4, 0.5) is 8.78 Å². The summed E-state index contributed by atoms with van der Waals surface area (Å²) in [4.78, 5) is 11.3. The van der Waals surface area contributed by atoms with Crippen LogP contribution in [0.1, 0.15) is 12.5 Å². The Balaban J connectivity index is 2.56. The Morgan fingerprint density at radius 1 is 1.50 bits per heavy atom. The molecule has 0 radical (unpaired) electrons. The first-order chi connectivity index (χ1) is 7.49. The maximum Gasteiger partial charge on any atom is 0.224 e. The summed E-state index contributed by atoms with van der Waals surface area (Å²) >= 11 is 5.64. The second-order valence-electron chi connectivity index (χ2n) is 3.50. The second-order valence-corrected chi connectivity index (χ2v) is 4.24. The summed E-state index contributed by atoms with van der Waals surface area (Å²) < 4.78 is 25.7. The Morgan fingerprint density at radius 3 is 2.75 bits per heavy atom. The monoisotopic (exact) mass is 247 g/mol. The SMILES string of the molecule is CC(Cl)CNC(=O)Cc1ccc(F)cc1F. The molecule has 0 aliphatic carbocycles. The second kappa shape index (κ2) is 5.80. The van der Waals surface area contributed by atoms with Crippen LogP contribution in [-0.4, -0.2) is 17.8 Å². The van der Waals surface area contributed by atoms with Gasteiger partial charge in [0.2, 0.25) is 5.91 Å². The predicted molar refractivity (Wildman–Crippen MR) is 58.4 cm³/mol. The van der Waals surface area contributed by atoms with Gasteiger partial charge in [0.25, 0.3) is 0 Å². The molecule has 5 heteroatoms. The third kappa shape index (κ3) is 4.14. The quantitative estimate of drug-likeness (QED) is 0.813. The van der Waals surface area contributed by atoms with Gasteiger partial charge in [0, 0.05) is 18.0 Å². The minimum Gasteiger partial charge on any atom is -0.354 e. The van der Waals surface area contributed by atoms with Gasteiger partial charge in [-0.05, 0) is 18.6 Å². The van der Waals surface area contributed by atoms with E-state index in [1.54, 1.807) is 6.92 Å². The molecule has 1 aromatic carbocycles.